The number of ether oxygens (including phenoxy) is 1. The van der Waals surface area contributed by atoms with Crippen molar-refractivity contribution in [3.8, 4) is 5.75 Å². The first kappa shape index (κ1) is 12.7. The molecule has 1 aromatic rings. The lowest BCUT2D eigenvalue weighted by Gasteiger charge is -2.32. The highest BCUT2D eigenvalue weighted by atomic mass is 32.2. The molecule has 17 heavy (non-hydrogen) atoms. The van der Waals surface area contributed by atoms with Gasteiger partial charge in [-0.05, 0) is 38.1 Å². The van der Waals surface area contributed by atoms with Crippen LogP contribution in [0.3, 0.4) is 0 Å². The zero-order valence-corrected chi connectivity index (χ0v) is 10.9. The number of thioether (sulfide) groups is 1. The van der Waals surface area contributed by atoms with Gasteiger partial charge in [-0.15, -0.1) is 11.8 Å². The third-order valence-electron chi connectivity index (χ3n) is 3.10. The van der Waals surface area contributed by atoms with E-state index in [1.54, 1.807) is 18.9 Å². The van der Waals surface area contributed by atoms with Crippen LogP contribution in [0.25, 0.3) is 0 Å². The molecule has 1 heterocycles. The van der Waals surface area contributed by atoms with Crippen molar-refractivity contribution in [2.24, 2.45) is 0 Å². The fourth-order valence-corrected chi connectivity index (χ4v) is 3.17. The molecule has 4 heteroatoms. The summed E-state index contributed by atoms with van der Waals surface area (Å²) in [5, 5.41) is 13.7. The van der Waals surface area contributed by atoms with Crippen molar-refractivity contribution in [3.05, 3.63) is 24.3 Å². The predicted octanol–water partition coefficient (Wildman–Crippen LogP) is 1.90. The van der Waals surface area contributed by atoms with Gasteiger partial charge in [0.1, 0.15) is 5.75 Å². The van der Waals surface area contributed by atoms with Gasteiger partial charge in [-0.25, -0.2) is 0 Å². The molecular formula is C13H19NO2S. The Morgan fingerprint density at radius 2 is 2.06 bits per heavy atom. The van der Waals surface area contributed by atoms with Gasteiger partial charge < -0.3 is 15.2 Å². The van der Waals surface area contributed by atoms with Gasteiger partial charge in [0.2, 0.25) is 0 Å². The standard InChI is InChI=1S/C13H19NO2S/c1-16-11-4-2-3-5-12(11)17-10-13(15)6-8-14-9-7-13/h2-5,14-15H,6-10H2,1H3. The quantitative estimate of drug-likeness (QED) is 0.804. The number of rotatable bonds is 4. The van der Waals surface area contributed by atoms with E-state index in [1.807, 2.05) is 24.3 Å². The Balaban J connectivity index is 1.96. The van der Waals surface area contributed by atoms with Gasteiger partial charge in [0.05, 0.1) is 12.7 Å². The number of piperidine rings is 1. The highest BCUT2D eigenvalue weighted by Crippen LogP contribution is 2.33. The summed E-state index contributed by atoms with van der Waals surface area (Å²) in [6.07, 6.45) is 1.66. The zero-order valence-electron chi connectivity index (χ0n) is 10.1. The lowest BCUT2D eigenvalue weighted by atomic mass is 9.95. The molecule has 0 unspecified atom stereocenters. The van der Waals surface area contributed by atoms with Gasteiger partial charge in [-0.1, -0.05) is 12.1 Å². The summed E-state index contributed by atoms with van der Waals surface area (Å²) < 4.78 is 5.30. The zero-order chi connectivity index (χ0) is 12.1. The molecule has 0 radical (unpaired) electrons. The Bertz CT molecular complexity index is 364. The van der Waals surface area contributed by atoms with Crippen LogP contribution in [0.4, 0.5) is 0 Å². The number of aliphatic hydroxyl groups is 1. The number of para-hydroxylation sites is 1. The molecule has 2 N–H and O–H groups in total. The van der Waals surface area contributed by atoms with E-state index in [-0.39, 0.29) is 0 Å². The Morgan fingerprint density at radius 3 is 2.76 bits per heavy atom. The molecule has 2 rings (SSSR count). The Hall–Kier alpha value is -0.710. The summed E-state index contributed by atoms with van der Waals surface area (Å²) in [7, 11) is 1.68. The number of nitrogens with one attached hydrogen (secondary N) is 1. The monoisotopic (exact) mass is 253 g/mol. The van der Waals surface area contributed by atoms with Crippen LogP contribution in [0.2, 0.25) is 0 Å². The molecule has 0 bridgehead atoms. The van der Waals surface area contributed by atoms with Crippen molar-refractivity contribution < 1.29 is 9.84 Å². The van der Waals surface area contributed by atoms with Gasteiger partial charge in [0.15, 0.2) is 0 Å². The molecule has 1 fully saturated rings. The summed E-state index contributed by atoms with van der Waals surface area (Å²) in [4.78, 5) is 1.10. The second kappa shape index (κ2) is 5.76. The predicted molar refractivity (Wildman–Crippen MR) is 70.8 cm³/mol. The van der Waals surface area contributed by atoms with E-state index in [1.165, 1.54) is 0 Å². The first-order chi connectivity index (χ1) is 8.23. The number of hydrogen-bond acceptors (Lipinski definition) is 4. The third-order valence-corrected chi connectivity index (χ3v) is 4.43. The van der Waals surface area contributed by atoms with Gasteiger partial charge in [0, 0.05) is 10.6 Å². The van der Waals surface area contributed by atoms with Crippen LogP contribution in [0.15, 0.2) is 29.2 Å². The average molecular weight is 253 g/mol. The van der Waals surface area contributed by atoms with Gasteiger partial charge >= 0.3 is 0 Å². The van der Waals surface area contributed by atoms with E-state index in [2.05, 4.69) is 5.32 Å². The molecule has 3 nitrogen and oxygen atoms in total. The fourth-order valence-electron chi connectivity index (χ4n) is 1.99. The molecule has 1 aromatic carbocycles. The summed E-state index contributed by atoms with van der Waals surface area (Å²) in [5.74, 6) is 1.62. The highest BCUT2D eigenvalue weighted by molar-refractivity contribution is 7.99. The first-order valence-electron chi connectivity index (χ1n) is 5.92. The molecule has 0 aliphatic carbocycles. The Kier molecular flexibility index (Phi) is 4.31. The largest absolute Gasteiger partial charge is 0.496 e. The van der Waals surface area contributed by atoms with E-state index in [0.717, 1.165) is 42.3 Å². The molecule has 0 amide bonds. The number of hydrogen-bond donors (Lipinski definition) is 2. The minimum atomic E-state index is -0.531. The highest BCUT2D eigenvalue weighted by Gasteiger charge is 2.29. The van der Waals surface area contributed by atoms with E-state index in [9.17, 15) is 5.11 Å². The van der Waals surface area contributed by atoms with E-state index >= 15 is 0 Å². The van der Waals surface area contributed by atoms with Crippen molar-refractivity contribution in [3.63, 3.8) is 0 Å². The average Bonchev–Trinajstić information content (AvgIpc) is 2.38. The molecule has 1 saturated heterocycles. The summed E-state index contributed by atoms with van der Waals surface area (Å²) in [6.45, 7) is 1.81. The minimum Gasteiger partial charge on any atom is -0.496 e. The maximum Gasteiger partial charge on any atom is 0.132 e. The number of methoxy groups -OCH3 is 1. The van der Waals surface area contributed by atoms with Crippen molar-refractivity contribution in [1.29, 1.82) is 0 Å². The van der Waals surface area contributed by atoms with Crippen LogP contribution in [0, 0.1) is 0 Å². The number of benzene rings is 1. The van der Waals surface area contributed by atoms with Gasteiger partial charge in [0.25, 0.3) is 0 Å². The van der Waals surface area contributed by atoms with Crippen molar-refractivity contribution >= 4 is 11.8 Å². The lowest BCUT2D eigenvalue weighted by Crippen LogP contribution is -2.43. The SMILES string of the molecule is COc1ccccc1SCC1(O)CCNCC1. The maximum absolute atomic E-state index is 10.4. The smallest absolute Gasteiger partial charge is 0.132 e. The van der Waals surface area contributed by atoms with Crippen LogP contribution in [0.5, 0.6) is 5.75 Å². The van der Waals surface area contributed by atoms with Gasteiger partial charge in [-0.3, -0.25) is 0 Å². The van der Waals surface area contributed by atoms with E-state index < -0.39 is 5.60 Å². The molecule has 0 aromatic heterocycles. The second-order valence-corrected chi connectivity index (χ2v) is 5.43. The Morgan fingerprint density at radius 1 is 1.35 bits per heavy atom. The lowest BCUT2D eigenvalue weighted by molar-refractivity contribution is 0.0339. The van der Waals surface area contributed by atoms with Crippen molar-refractivity contribution in [2.45, 2.75) is 23.3 Å². The van der Waals surface area contributed by atoms with Crippen LogP contribution in [-0.2, 0) is 0 Å². The Labute approximate surface area is 107 Å². The third kappa shape index (κ3) is 3.37. The van der Waals surface area contributed by atoms with Crippen LogP contribution < -0.4 is 10.1 Å². The molecule has 1 aliphatic rings. The molecule has 94 valence electrons. The topological polar surface area (TPSA) is 41.5 Å². The maximum atomic E-state index is 10.4. The molecule has 1 aliphatic heterocycles. The van der Waals surface area contributed by atoms with Crippen LogP contribution in [0.1, 0.15) is 12.8 Å². The molecule has 0 saturated carbocycles. The summed E-state index contributed by atoms with van der Waals surface area (Å²) in [6, 6.07) is 7.95. The molecular weight excluding hydrogens is 234 g/mol. The van der Waals surface area contributed by atoms with Crippen LogP contribution in [-0.4, -0.2) is 36.7 Å². The molecule has 0 spiro atoms. The minimum absolute atomic E-state index is 0.531. The molecule has 0 atom stereocenters. The first-order valence-corrected chi connectivity index (χ1v) is 6.91. The van der Waals surface area contributed by atoms with Crippen LogP contribution >= 0.6 is 11.8 Å². The normalized spacial score (nSPS) is 18.9. The van der Waals surface area contributed by atoms with Gasteiger partial charge in [-0.2, -0.15) is 0 Å². The second-order valence-electron chi connectivity index (χ2n) is 4.41. The van der Waals surface area contributed by atoms with E-state index in [4.69, 9.17) is 4.74 Å². The van der Waals surface area contributed by atoms with Crippen molar-refractivity contribution in [2.75, 3.05) is 26.0 Å². The summed E-state index contributed by atoms with van der Waals surface area (Å²) >= 11 is 1.67. The summed E-state index contributed by atoms with van der Waals surface area (Å²) in [5.41, 5.74) is -0.531. The fraction of sp³-hybridized carbons (Fsp3) is 0.538. The van der Waals surface area contributed by atoms with Crippen molar-refractivity contribution in [1.82, 2.24) is 5.32 Å². The van der Waals surface area contributed by atoms with E-state index in [0.29, 0.717) is 0 Å².